The normalized spacial score (nSPS) is 16.7. The fraction of sp³-hybridized carbons (Fsp3) is 0.462. The third kappa shape index (κ3) is 2.97. The van der Waals surface area contributed by atoms with E-state index in [1.54, 1.807) is 4.90 Å². The molecule has 0 saturated carbocycles. The van der Waals surface area contributed by atoms with Gasteiger partial charge in [0.2, 0.25) is 0 Å². The molecule has 3 nitrogen and oxygen atoms in total. The van der Waals surface area contributed by atoms with Crippen LogP contribution in [0.25, 0.3) is 0 Å². The molecule has 1 aliphatic rings. The van der Waals surface area contributed by atoms with Crippen LogP contribution < -0.4 is 5.32 Å². The van der Waals surface area contributed by atoms with E-state index in [4.69, 9.17) is 0 Å². The van der Waals surface area contributed by atoms with Gasteiger partial charge in [-0.25, -0.2) is 13.6 Å². The third-order valence-corrected chi connectivity index (χ3v) is 3.24. The zero-order valence-electron chi connectivity index (χ0n) is 10.2. The predicted molar refractivity (Wildman–Crippen MR) is 65.3 cm³/mol. The first-order valence-electron chi connectivity index (χ1n) is 6.07. The van der Waals surface area contributed by atoms with Crippen LogP contribution >= 0.6 is 0 Å². The summed E-state index contributed by atoms with van der Waals surface area (Å²) in [7, 11) is 0. The quantitative estimate of drug-likeness (QED) is 0.820. The fourth-order valence-electron chi connectivity index (χ4n) is 1.99. The number of benzene rings is 1. The Labute approximate surface area is 105 Å². The van der Waals surface area contributed by atoms with Gasteiger partial charge in [0.1, 0.15) is 0 Å². The van der Waals surface area contributed by atoms with Crippen molar-refractivity contribution in [2.24, 2.45) is 5.92 Å². The number of urea groups is 1. The number of nitrogens with zero attached hydrogens (tertiary/aromatic N) is 1. The van der Waals surface area contributed by atoms with Crippen molar-refractivity contribution in [1.82, 2.24) is 4.90 Å². The smallest absolute Gasteiger partial charge is 0.321 e. The lowest BCUT2D eigenvalue weighted by atomic mass is 10.00. The Kier molecular flexibility index (Phi) is 3.79. The number of rotatable bonds is 1. The second-order valence-electron chi connectivity index (χ2n) is 4.73. The lowest BCUT2D eigenvalue weighted by Crippen LogP contribution is -2.40. The summed E-state index contributed by atoms with van der Waals surface area (Å²) >= 11 is 0. The molecule has 2 amide bonds. The van der Waals surface area contributed by atoms with Crippen molar-refractivity contribution in [3.05, 3.63) is 29.8 Å². The summed E-state index contributed by atoms with van der Waals surface area (Å²) in [4.78, 5) is 13.6. The summed E-state index contributed by atoms with van der Waals surface area (Å²) in [6.07, 6.45) is 1.95. The minimum Gasteiger partial charge on any atom is -0.325 e. The van der Waals surface area contributed by atoms with E-state index in [9.17, 15) is 13.6 Å². The van der Waals surface area contributed by atoms with Crippen LogP contribution in [0.1, 0.15) is 19.8 Å². The molecule has 0 radical (unpaired) electrons. The van der Waals surface area contributed by atoms with Crippen LogP contribution in [-0.2, 0) is 0 Å². The van der Waals surface area contributed by atoms with Gasteiger partial charge in [-0.05, 0) is 30.9 Å². The summed E-state index contributed by atoms with van der Waals surface area (Å²) in [5.41, 5.74) is 0.275. The number of anilines is 1. The van der Waals surface area contributed by atoms with E-state index in [2.05, 4.69) is 12.2 Å². The van der Waals surface area contributed by atoms with Crippen LogP contribution in [0.5, 0.6) is 0 Å². The van der Waals surface area contributed by atoms with Crippen molar-refractivity contribution in [2.45, 2.75) is 19.8 Å². The van der Waals surface area contributed by atoms with E-state index in [1.807, 2.05) is 0 Å². The predicted octanol–water partition coefficient (Wildman–Crippen LogP) is 3.23. The van der Waals surface area contributed by atoms with Crippen LogP contribution in [0.2, 0.25) is 0 Å². The number of piperidine rings is 1. The Morgan fingerprint density at radius 3 is 2.56 bits per heavy atom. The average Bonchev–Trinajstić information content (AvgIpc) is 2.34. The van der Waals surface area contributed by atoms with Crippen molar-refractivity contribution < 1.29 is 13.6 Å². The maximum absolute atomic E-state index is 13.0. The second-order valence-corrected chi connectivity index (χ2v) is 4.73. The number of halogens is 2. The van der Waals surface area contributed by atoms with E-state index in [1.165, 1.54) is 6.07 Å². The van der Waals surface area contributed by atoms with Crippen LogP contribution in [0.15, 0.2) is 18.2 Å². The highest BCUT2D eigenvalue weighted by molar-refractivity contribution is 5.89. The molecule has 1 saturated heterocycles. The fourth-order valence-corrected chi connectivity index (χ4v) is 1.99. The van der Waals surface area contributed by atoms with Crippen molar-refractivity contribution in [2.75, 3.05) is 18.4 Å². The molecule has 2 rings (SSSR count). The van der Waals surface area contributed by atoms with Gasteiger partial charge in [0.25, 0.3) is 0 Å². The summed E-state index contributed by atoms with van der Waals surface area (Å²) in [6, 6.07) is 3.08. The second kappa shape index (κ2) is 5.33. The third-order valence-electron chi connectivity index (χ3n) is 3.24. The first-order chi connectivity index (χ1) is 8.56. The molecule has 1 heterocycles. The Morgan fingerprint density at radius 1 is 1.28 bits per heavy atom. The number of carbonyl (C=O) groups excluding carboxylic acids is 1. The number of nitrogens with one attached hydrogen (secondary N) is 1. The van der Waals surface area contributed by atoms with Crippen molar-refractivity contribution in [3.8, 4) is 0 Å². The van der Waals surface area contributed by atoms with Gasteiger partial charge >= 0.3 is 6.03 Å². The number of hydrogen-bond acceptors (Lipinski definition) is 1. The molecule has 1 aromatic rings. The lowest BCUT2D eigenvalue weighted by molar-refractivity contribution is 0.186. The van der Waals surface area contributed by atoms with Crippen LogP contribution in [0.3, 0.4) is 0 Å². The zero-order valence-corrected chi connectivity index (χ0v) is 10.2. The van der Waals surface area contributed by atoms with Gasteiger partial charge in [-0.1, -0.05) is 6.92 Å². The van der Waals surface area contributed by atoms with Gasteiger partial charge in [-0.3, -0.25) is 0 Å². The number of carbonyl (C=O) groups is 1. The van der Waals surface area contributed by atoms with E-state index < -0.39 is 11.6 Å². The molecule has 1 N–H and O–H groups in total. The van der Waals surface area contributed by atoms with Gasteiger partial charge < -0.3 is 10.2 Å². The largest absolute Gasteiger partial charge is 0.325 e. The minimum absolute atomic E-state index is 0.257. The monoisotopic (exact) mass is 254 g/mol. The van der Waals surface area contributed by atoms with Gasteiger partial charge in [0.05, 0.1) is 0 Å². The SMILES string of the molecule is CC1CCN(C(=O)Nc2ccc(F)c(F)c2)CC1. The van der Waals surface area contributed by atoms with Crippen molar-refractivity contribution in [3.63, 3.8) is 0 Å². The molecule has 1 aliphatic heterocycles. The molecule has 0 aliphatic carbocycles. The summed E-state index contributed by atoms with van der Waals surface area (Å²) in [6.45, 7) is 3.57. The molecule has 0 spiro atoms. The van der Waals surface area contributed by atoms with E-state index in [0.717, 1.165) is 25.0 Å². The van der Waals surface area contributed by atoms with Gasteiger partial charge in [-0.2, -0.15) is 0 Å². The molecule has 0 unspecified atom stereocenters. The Balaban J connectivity index is 1.96. The molecule has 1 aromatic carbocycles. The van der Waals surface area contributed by atoms with E-state index in [-0.39, 0.29) is 11.7 Å². The standard InChI is InChI=1S/C13H16F2N2O/c1-9-4-6-17(7-5-9)13(18)16-10-2-3-11(14)12(15)8-10/h2-3,8-9H,4-7H2,1H3,(H,16,18). The highest BCUT2D eigenvalue weighted by Crippen LogP contribution is 2.18. The van der Waals surface area contributed by atoms with Gasteiger partial charge in [-0.15, -0.1) is 0 Å². The average molecular weight is 254 g/mol. The molecule has 98 valence electrons. The summed E-state index contributed by atoms with van der Waals surface area (Å²) in [5.74, 6) is -1.24. The molecule has 1 fully saturated rings. The molecule has 0 aromatic heterocycles. The molecule has 5 heteroatoms. The highest BCUT2D eigenvalue weighted by Gasteiger charge is 2.20. The number of hydrogen-bond donors (Lipinski definition) is 1. The van der Waals surface area contributed by atoms with Gasteiger partial charge in [0.15, 0.2) is 11.6 Å². The van der Waals surface area contributed by atoms with E-state index in [0.29, 0.717) is 19.0 Å². The molecular formula is C13H16F2N2O. The highest BCUT2D eigenvalue weighted by atomic mass is 19.2. The molecule has 0 bridgehead atoms. The minimum atomic E-state index is -0.958. The lowest BCUT2D eigenvalue weighted by Gasteiger charge is -2.30. The first kappa shape index (κ1) is 12.8. The van der Waals surface area contributed by atoms with Crippen molar-refractivity contribution >= 4 is 11.7 Å². The van der Waals surface area contributed by atoms with Crippen molar-refractivity contribution in [1.29, 1.82) is 0 Å². The zero-order chi connectivity index (χ0) is 13.1. The maximum atomic E-state index is 13.0. The molecular weight excluding hydrogens is 238 g/mol. The number of likely N-dealkylation sites (tertiary alicyclic amines) is 1. The van der Waals surface area contributed by atoms with E-state index >= 15 is 0 Å². The van der Waals surface area contributed by atoms with Crippen LogP contribution in [0.4, 0.5) is 19.3 Å². The Hall–Kier alpha value is -1.65. The maximum Gasteiger partial charge on any atom is 0.321 e. The summed E-state index contributed by atoms with van der Waals surface area (Å²) < 4.78 is 25.7. The van der Waals surface area contributed by atoms with Crippen LogP contribution in [0, 0.1) is 17.6 Å². The molecule has 18 heavy (non-hydrogen) atoms. The Bertz CT molecular complexity index is 443. The Morgan fingerprint density at radius 2 is 1.94 bits per heavy atom. The topological polar surface area (TPSA) is 32.3 Å². The first-order valence-corrected chi connectivity index (χ1v) is 6.07. The molecule has 0 atom stereocenters. The summed E-state index contributed by atoms with van der Waals surface area (Å²) in [5, 5.41) is 2.57. The van der Waals surface area contributed by atoms with Crippen LogP contribution in [-0.4, -0.2) is 24.0 Å². The van der Waals surface area contributed by atoms with Gasteiger partial charge in [0, 0.05) is 24.8 Å². The number of amides is 2.